The van der Waals surface area contributed by atoms with Crippen LogP contribution in [-0.4, -0.2) is 25.5 Å². The molecule has 1 aliphatic carbocycles. The average molecular weight is 338 g/mol. The number of hydrogen-bond acceptors (Lipinski definition) is 3. The molecule has 8 heteroatoms. The SMILES string of the molecule is O=C(O)C1CCC(NS(=O)(=O)c2ccc(Cl)c(Cl)c2)C1. The lowest BCUT2D eigenvalue weighted by Gasteiger charge is -2.13. The third-order valence-corrected chi connectivity index (χ3v) is 5.56. The number of sulfonamides is 1. The molecule has 110 valence electrons. The maximum Gasteiger partial charge on any atom is 0.306 e. The van der Waals surface area contributed by atoms with Crippen molar-refractivity contribution in [2.75, 3.05) is 0 Å². The van der Waals surface area contributed by atoms with Crippen LogP contribution in [0.5, 0.6) is 0 Å². The number of rotatable bonds is 4. The lowest BCUT2D eigenvalue weighted by molar-refractivity contribution is -0.141. The second-order valence-corrected chi connectivity index (χ2v) is 7.27. The average Bonchev–Trinajstić information content (AvgIpc) is 2.80. The van der Waals surface area contributed by atoms with Crippen molar-refractivity contribution in [3.8, 4) is 0 Å². The highest BCUT2D eigenvalue weighted by Gasteiger charge is 2.32. The topological polar surface area (TPSA) is 83.5 Å². The quantitative estimate of drug-likeness (QED) is 0.884. The number of nitrogens with one attached hydrogen (secondary N) is 1. The van der Waals surface area contributed by atoms with Gasteiger partial charge in [0.1, 0.15) is 0 Å². The fourth-order valence-electron chi connectivity index (χ4n) is 2.24. The van der Waals surface area contributed by atoms with Gasteiger partial charge in [-0.15, -0.1) is 0 Å². The summed E-state index contributed by atoms with van der Waals surface area (Å²) in [6, 6.07) is 3.68. The Morgan fingerprint density at radius 1 is 1.25 bits per heavy atom. The van der Waals surface area contributed by atoms with Crippen molar-refractivity contribution in [1.29, 1.82) is 0 Å². The maximum atomic E-state index is 12.2. The van der Waals surface area contributed by atoms with Gasteiger partial charge in [-0.2, -0.15) is 0 Å². The Labute approximate surface area is 126 Å². The first kappa shape index (κ1) is 15.6. The van der Waals surface area contributed by atoms with E-state index in [-0.39, 0.29) is 21.0 Å². The van der Waals surface area contributed by atoms with E-state index in [1.807, 2.05) is 0 Å². The molecule has 0 heterocycles. The number of carboxylic acids is 1. The second-order valence-electron chi connectivity index (χ2n) is 4.74. The first-order valence-electron chi connectivity index (χ1n) is 6.00. The van der Waals surface area contributed by atoms with Crippen LogP contribution in [0.15, 0.2) is 23.1 Å². The van der Waals surface area contributed by atoms with Gasteiger partial charge >= 0.3 is 5.97 Å². The summed E-state index contributed by atoms with van der Waals surface area (Å²) in [5.41, 5.74) is 0. The van der Waals surface area contributed by atoms with E-state index in [0.29, 0.717) is 19.3 Å². The van der Waals surface area contributed by atoms with Gasteiger partial charge in [0.15, 0.2) is 0 Å². The fourth-order valence-corrected chi connectivity index (χ4v) is 3.92. The molecule has 1 fully saturated rings. The molecule has 2 rings (SSSR count). The molecule has 1 aromatic rings. The molecule has 20 heavy (non-hydrogen) atoms. The van der Waals surface area contributed by atoms with Crippen molar-refractivity contribution in [3.05, 3.63) is 28.2 Å². The Bertz CT molecular complexity index is 632. The predicted octanol–water partition coefficient (Wildman–Crippen LogP) is 2.53. The normalized spacial score (nSPS) is 22.9. The van der Waals surface area contributed by atoms with Gasteiger partial charge in [-0.1, -0.05) is 23.2 Å². The van der Waals surface area contributed by atoms with Crippen LogP contribution in [0.25, 0.3) is 0 Å². The van der Waals surface area contributed by atoms with Crippen LogP contribution in [0.1, 0.15) is 19.3 Å². The lowest BCUT2D eigenvalue weighted by Crippen LogP contribution is -2.33. The van der Waals surface area contributed by atoms with E-state index in [2.05, 4.69) is 4.72 Å². The summed E-state index contributed by atoms with van der Waals surface area (Å²) in [6.07, 6.45) is 1.29. The van der Waals surface area contributed by atoms with E-state index in [1.165, 1.54) is 18.2 Å². The van der Waals surface area contributed by atoms with Crippen LogP contribution >= 0.6 is 23.2 Å². The molecule has 0 amide bonds. The van der Waals surface area contributed by atoms with Crippen molar-refractivity contribution < 1.29 is 18.3 Å². The summed E-state index contributed by atoms with van der Waals surface area (Å²) in [4.78, 5) is 10.9. The molecule has 2 atom stereocenters. The predicted molar refractivity (Wildman–Crippen MR) is 75.5 cm³/mol. The number of carbonyl (C=O) groups is 1. The van der Waals surface area contributed by atoms with Gasteiger partial charge in [-0.3, -0.25) is 4.79 Å². The molecule has 2 unspecified atom stereocenters. The van der Waals surface area contributed by atoms with Crippen molar-refractivity contribution in [2.45, 2.75) is 30.2 Å². The Morgan fingerprint density at radius 3 is 2.50 bits per heavy atom. The highest BCUT2D eigenvalue weighted by molar-refractivity contribution is 7.89. The summed E-state index contributed by atoms with van der Waals surface area (Å²) in [7, 11) is -3.72. The van der Waals surface area contributed by atoms with Crippen LogP contribution in [0.2, 0.25) is 10.0 Å². The molecule has 1 aromatic carbocycles. The molecule has 2 N–H and O–H groups in total. The Kier molecular flexibility index (Phi) is 4.59. The van der Waals surface area contributed by atoms with Crippen molar-refractivity contribution in [3.63, 3.8) is 0 Å². The minimum atomic E-state index is -3.72. The number of aliphatic carboxylic acids is 1. The molecule has 0 radical (unpaired) electrons. The number of benzene rings is 1. The van der Waals surface area contributed by atoms with Gasteiger partial charge in [0, 0.05) is 6.04 Å². The highest BCUT2D eigenvalue weighted by atomic mass is 35.5. The number of hydrogen-bond donors (Lipinski definition) is 2. The molecule has 1 aliphatic rings. The fraction of sp³-hybridized carbons (Fsp3) is 0.417. The van der Waals surface area contributed by atoms with E-state index in [4.69, 9.17) is 28.3 Å². The lowest BCUT2D eigenvalue weighted by atomic mass is 10.1. The van der Waals surface area contributed by atoms with Gasteiger partial charge in [-0.25, -0.2) is 13.1 Å². The third kappa shape index (κ3) is 3.44. The molecule has 0 aromatic heterocycles. The number of halogens is 2. The van der Waals surface area contributed by atoms with Crippen LogP contribution in [0.4, 0.5) is 0 Å². The smallest absolute Gasteiger partial charge is 0.306 e. The minimum absolute atomic E-state index is 0.0191. The zero-order valence-corrected chi connectivity index (χ0v) is 12.7. The highest BCUT2D eigenvalue weighted by Crippen LogP contribution is 2.28. The minimum Gasteiger partial charge on any atom is -0.481 e. The summed E-state index contributed by atoms with van der Waals surface area (Å²) in [5, 5.41) is 9.34. The summed E-state index contributed by atoms with van der Waals surface area (Å²) < 4.78 is 26.8. The molecular formula is C12H13Cl2NO4S. The Morgan fingerprint density at radius 2 is 1.95 bits per heavy atom. The van der Waals surface area contributed by atoms with Crippen LogP contribution in [-0.2, 0) is 14.8 Å². The summed E-state index contributed by atoms with van der Waals surface area (Å²) >= 11 is 11.5. The van der Waals surface area contributed by atoms with Gasteiger partial charge in [0.25, 0.3) is 0 Å². The van der Waals surface area contributed by atoms with Crippen LogP contribution in [0.3, 0.4) is 0 Å². The van der Waals surface area contributed by atoms with Crippen molar-refractivity contribution in [1.82, 2.24) is 4.72 Å². The van der Waals surface area contributed by atoms with Gasteiger partial charge < -0.3 is 5.11 Å². The molecule has 0 spiro atoms. The van der Waals surface area contributed by atoms with E-state index in [0.717, 1.165) is 0 Å². The molecule has 0 aliphatic heterocycles. The van der Waals surface area contributed by atoms with E-state index in [1.54, 1.807) is 0 Å². The molecule has 0 bridgehead atoms. The Hall–Kier alpha value is -0.820. The third-order valence-electron chi connectivity index (χ3n) is 3.31. The molecular weight excluding hydrogens is 325 g/mol. The number of carboxylic acid groups (broad SMARTS) is 1. The summed E-state index contributed by atoms with van der Waals surface area (Å²) in [6.45, 7) is 0. The maximum absolute atomic E-state index is 12.2. The van der Waals surface area contributed by atoms with Crippen molar-refractivity contribution in [2.24, 2.45) is 5.92 Å². The standard InChI is InChI=1S/C12H13Cl2NO4S/c13-10-4-3-9(6-11(10)14)20(18,19)15-8-2-1-7(5-8)12(16)17/h3-4,6-8,15H,1-2,5H2,(H,16,17). The van der Waals surface area contributed by atoms with Crippen LogP contribution in [0, 0.1) is 5.92 Å². The van der Waals surface area contributed by atoms with Crippen LogP contribution < -0.4 is 4.72 Å². The van der Waals surface area contributed by atoms with Gasteiger partial charge in [-0.05, 0) is 37.5 Å². The molecule has 5 nitrogen and oxygen atoms in total. The molecule has 0 saturated heterocycles. The van der Waals surface area contributed by atoms with Crippen molar-refractivity contribution >= 4 is 39.2 Å². The Balaban J connectivity index is 2.12. The van der Waals surface area contributed by atoms with Gasteiger partial charge in [0.05, 0.1) is 20.9 Å². The van der Waals surface area contributed by atoms with E-state index < -0.39 is 21.9 Å². The monoisotopic (exact) mass is 337 g/mol. The first-order valence-corrected chi connectivity index (χ1v) is 8.23. The zero-order chi connectivity index (χ0) is 14.9. The van der Waals surface area contributed by atoms with E-state index >= 15 is 0 Å². The van der Waals surface area contributed by atoms with E-state index in [9.17, 15) is 13.2 Å². The summed E-state index contributed by atoms with van der Waals surface area (Å²) in [5.74, 6) is -1.38. The largest absolute Gasteiger partial charge is 0.481 e. The second kappa shape index (κ2) is 5.89. The first-order chi connectivity index (χ1) is 9.29. The zero-order valence-electron chi connectivity index (χ0n) is 10.3. The van der Waals surface area contributed by atoms with Gasteiger partial charge in [0.2, 0.25) is 10.0 Å². The molecule has 1 saturated carbocycles.